The number of amides is 2. The van der Waals surface area contributed by atoms with E-state index in [0.29, 0.717) is 11.0 Å². The van der Waals surface area contributed by atoms with Crippen LogP contribution in [0.1, 0.15) is 15.9 Å². The molecule has 0 unspecified atom stereocenters. The highest BCUT2D eigenvalue weighted by atomic mass is 16.5. The second-order valence-corrected chi connectivity index (χ2v) is 3.73. The average Bonchev–Trinajstić information content (AvgIpc) is 2.67. The number of nitrogens with two attached hydrogens (primary N) is 1. The van der Waals surface area contributed by atoms with Crippen LogP contribution in [0.15, 0.2) is 18.2 Å². The van der Waals surface area contributed by atoms with E-state index in [2.05, 4.69) is 5.32 Å². The van der Waals surface area contributed by atoms with Crippen molar-refractivity contribution in [1.82, 2.24) is 5.32 Å². The molecule has 4 N–H and O–H groups in total. The fourth-order valence-corrected chi connectivity index (χ4v) is 1.64. The molecule has 1 aromatic carbocycles. The van der Waals surface area contributed by atoms with Gasteiger partial charge in [-0.25, -0.2) is 0 Å². The molecule has 1 heterocycles. The molecule has 2 rings (SSSR count). The molecule has 0 radical (unpaired) electrons. The summed E-state index contributed by atoms with van der Waals surface area (Å²) in [4.78, 5) is 22.1. The SMILES string of the molecule is NC(=O)CNC(=O)c1ccc2c(c1)COB2O. The van der Waals surface area contributed by atoms with Crippen molar-refractivity contribution in [2.24, 2.45) is 5.73 Å². The van der Waals surface area contributed by atoms with Crippen molar-refractivity contribution in [3.8, 4) is 0 Å². The average molecular weight is 234 g/mol. The summed E-state index contributed by atoms with van der Waals surface area (Å²) in [5.74, 6) is -0.980. The van der Waals surface area contributed by atoms with Crippen LogP contribution in [0.3, 0.4) is 0 Å². The topological polar surface area (TPSA) is 102 Å². The van der Waals surface area contributed by atoms with Gasteiger partial charge >= 0.3 is 7.12 Å². The maximum atomic E-state index is 11.6. The number of hydrogen-bond acceptors (Lipinski definition) is 4. The monoisotopic (exact) mass is 234 g/mol. The van der Waals surface area contributed by atoms with E-state index in [1.54, 1.807) is 18.2 Å². The number of benzene rings is 1. The van der Waals surface area contributed by atoms with Crippen LogP contribution in [-0.2, 0) is 16.1 Å². The van der Waals surface area contributed by atoms with Gasteiger partial charge in [0, 0.05) is 5.56 Å². The molecule has 0 spiro atoms. The number of primary amides is 1. The predicted molar refractivity (Wildman–Crippen MR) is 60.4 cm³/mol. The van der Waals surface area contributed by atoms with Crippen LogP contribution in [0, 0.1) is 0 Å². The van der Waals surface area contributed by atoms with Gasteiger partial charge in [-0.2, -0.15) is 0 Å². The highest BCUT2D eigenvalue weighted by Crippen LogP contribution is 2.11. The third kappa shape index (κ3) is 2.46. The maximum Gasteiger partial charge on any atom is 0.491 e. The minimum Gasteiger partial charge on any atom is -0.423 e. The van der Waals surface area contributed by atoms with Gasteiger partial charge in [0.05, 0.1) is 13.2 Å². The molecular weight excluding hydrogens is 223 g/mol. The first-order valence-corrected chi connectivity index (χ1v) is 5.07. The lowest BCUT2D eigenvalue weighted by molar-refractivity contribution is -0.117. The fraction of sp³-hybridized carbons (Fsp3) is 0.200. The molecule has 6 nitrogen and oxygen atoms in total. The molecule has 0 saturated heterocycles. The lowest BCUT2D eigenvalue weighted by Gasteiger charge is -2.04. The van der Waals surface area contributed by atoms with Gasteiger partial charge in [-0.3, -0.25) is 9.59 Å². The molecule has 88 valence electrons. The lowest BCUT2D eigenvalue weighted by atomic mass is 9.79. The van der Waals surface area contributed by atoms with Crippen molar-refractivity contribution in [2.45, 2.75) is 6.61 Å². The highest BCUT2D eigenvalue weighted by Gasteiger charge is 2.27. The van der Waals surface area contributed by atoms with Gasteiger partial charge in [0.1, 0.15) is 0 Å². The zero-order valence-electron chi connectivity index (χ0n) is 8.97. The Hall–Kier alpha value is -1.86. The second-order valence-electron chi connectivity index (χ2n) is 3.73. The van der Waals surface area contributed by atoms with Crippen LogP contribution >= 0.6 is 0 Å². The molecule has 1 aromatic rings. The number of carbonyl (C=O) groups is 2. The normalized spacial score (nSPS) is 13.4. The lowest BCUT2D eigenvalue weighted by Crippen LogP contribution is -2.34. The zero-order chi connectivity index (χ0) is 12.4. The summed E-state index contributed by atoms with van der Waals surface area (Å²) in [6.45, 7) is 0.0719. The first kappa shape index (κ1) is 11.6. The van der Waals surface area contributed by atoms with E-state index in [1.165, 1.54) is 0 Å². The molecule has 0 aromatic heterocycles. The summed E-state index contributed by atoms with van der Waals surface area (Å²) in [5.41, 5.74) is 6.76. The Kier molecular flexibility index (Phi) is 3.12. The molecule has 2 amide bonds. The molecule has 17 heavy (non-hydrogen) atoms. The number of nitrogens with one attached hydrogen (secondary N) is 1. The maximum absolute atomic E-state index is 11.6. The van der Waals surface area contributed by atoms with Crippen molar-refractivity contribution >= 4 is 24.4 Å². The van der Waals surface area contributed by atoms with Crippen molar-refractivity contribution in [3.05, 3.63) is 29.3 Å². The number of carbonyl (C=O) groups excluding carboxylic acids is 2. The van der Waals surface area contributed by atoms with Gasteiger partial charge < -0.3 is 20.7 Å². The zero-order valence-corrected chi connectivity index (χ0v) is 8.97. The van der Waals surface area contributed by atoms with Crippen molar-refractivity contribution in [1.29, 1.82) is 0 Å². The van der Waals surface area contributed by atoms with Crippen LogP contribution in [0.25, 0.3) is 0 Å². The summed E-state index contributed by atoms with van der Waals surface area (Å²) in [7, 11) is -0.923. The molecule has 0 fully saturated rings. The van der Waals surface area contributed by atoms with Crippen LogP contribution in [0.2, 0.25) is 0 Å². The van der Waals surface area contributed by atoms with E-state index in [0.717, 1.165) is 5.56 Å². The van der Waals surface area contributed by atoms with Gasteiger partial charge in [-0.15, -0.1) is 0 Å². The quantitative estimate of drug-likeness (QED) is 0.532. The summed E-state index contributed by atoms with van der Waals surface area (Å²) < 4.78 is 5.01. The van der Waals surface area contributed by atoms with Gasteiger partial charge in [-0.05, 0) is 23.2 Å². The largest absolute Gasteiger partial charge is 0.491 e. The minimum absolute atomic E-state index is 0.199. The number of fused-ring (bicyclic) bond motifs is 1. The Morgan fingerprint density at radius 3 is 3.00 bits per heavy atom. The molecule has 1 aliphatic heterocycles. The van der Waals surface area contributed by atoms with Crippen LogP contribution in [0.5, 0.6) is 0 Å². The Bertz CT molecular complexity index is 477. The first-order valence-electron chi connectivity index (χ1n) is 5.07. The first-order chi connectivity index (χ1) is 8.08. The van der Waals surface area contributed by atoms with Crippen LogP contribution < -0.4 is 16.5 Å². The molecule has 0 atom stereocenters. The van der Waals surface area contributed by atoms with E-state index in [1.807, 2.05) is 0 Å². The Morgan fingerprint density at radius 2 is 2.29 bits per heavy atom. The molecule has 1 aliphatic rings. The number of rotatable bonds is 3. The smallest absolute Gasteiger partial charge is 0.423 e. The molecule has 0 bridgehead atoms. The van der Waals surface area contributed by atoms with Crippen molar-refractivity contribution in [2.75, 3.05) is 6.54 Å². The predicted octanol–water partition coefficient (Wildman–Crippen LogP) is -1.88. The Balaban J connectivity index is 2.12. The molecule has 0 saturated carbocycles. The van der Waals surface area contributed by atoms with E-state index in [-0.39, 0.29) is 19.1 Å². The van der Waals surface area contributed by atoms with Crippen LogP contribution in [0.4, 0.5) is 0 Å². The summed E-state index contributed by atoms with van der Waals surface area (Å²) in [5, 5.41) is 11.8. The van der Waals surface area contributed by atoms with Crippen molar-refractivity contribution in [3.63, 3.8) is 0 Å². The minimum atomic E-state index is -0.923. The Labute approximate surface area is 97.9 Å². The van der Waals surface area contributed by atoms with E-state index in [9.17, 15) is 14.6 Å². The third-order valence-electron chi connectivity index (χ3n) is 2.49. The standard InChI is InChI=1S/C10H11BN2O4/c12-9(14)4-13-10(15)6-1-2-8-7(3-6)5-17-11(8)16/h1-3,16H,4-5H2,(H2,12,14)(H,13,15). The second kappa shape index (κ2) is 4.56. The van der Waals surface area contributed by atoms with Crippen molar-refractivity contribution < 1.29 is 19.3 Å². The van der Waals surface area contributed by atoms with Crippen LogP contribution in [-0.4, -0.2) is 30.5 Å². The molecule has 0 aliphatic carbocycles. The van der Waals surface area contributed by atoms with E-state index < -0.39 is 13.0 Å². The fourth-order valence-electron chi connectivity index (χ4n) is 1.64. The van der Waals surface area contributed by atoms with Gasteiger partial charge in [0.2, 0.25) is 5.91 Å². The molecule has 7 heteroatoms. The Morgan fingerprint density at radius 1 is 1.53 bits per heavy atom. The highest BCUT2D eigenvalue weighted by molar-refractivity contribution is 6.61. The summed E-state index contributed by atoms with van der Waals surface area (Å²) in [6, 6.07) is 4.82. The third-order valence-corrected chi connectivity index (χ3v) is 2.49. The van der Waals surface area contributed by atoms with Gasteiger partial charge in [0.15, 0.2) is 0 Å². The summed E-state index contributed by atoms with van der Waals surface area (Å²) >= 11 is 0. The summed E-state index contributed by atoms with van der Waals surface area (Å²) in [6.07, 6.45) is 0. The van der Waals surface area contributed by atoms with E-state index in [4.69, 9.17) is 10.4 Å². The number of hydrogen-bond donors (Lipinski definition) is 3. The van der Waals surface area contributed by atoms with E-state index >= 15 is 0 Å². The van der Waals surface area contributed by atoms with Gasteiger partial charge in [-0.1, -0.05) is 6.07 Å². The van der Waals surface area contributed by atoms with Gasteiger partial charge in [0.25, 0.3) is 5.91 Å². The molecular formula is C10H11BN2O4.